The molecular weight excluding hydrogens is 168 g/mol. The van der Waals surface area contributed by atoms with Crippen molar-refractivity contribution in [1.29, 1.82) is 0 Å². The molecule has 13 heavy (non-hydrogen) atoms. The van der Waals surface area contributed by atoms with Crippen LogP contribution in [0, 0.1) is 5.92 Å². The number of carboxylic acid groups (broad SMARTS) is 1. The van der Waals surface area contributed by atoms with Crippen LogP contribution in [0.1, 0.15) is 32.1 Å². The summed E-state index contributed by atoms with van der Waals surface area (Å²) in [5, 5.41) is 17.9. The lowest BCUT2D eigenvalue weighted by molar-refractivity contribution is -0.148. The van der Waals surface area contributed by atoms with E-state index in [0.29, 0.717) is 0 Å². The fourth-order valence-electron chi connectivity index (χ4n) is 1.63. The molecule has 0 spiro atoms. The first kappa shape index (κ1) is 10.3. The third kappa shape index (κ3) is 3.19. The summed E-state index contributed by atoms with van der Waals surface area (Å²) < 4.78 is 0. The van der Waals surface area contributed by atoms with E-state index >= 15 is 0 Å². The number of hydrogen-bond donors (Lipinski definition) is 2. The molecule has 0 aliphatic heterocycles. The molecule has 0 saturated heterocycles. The van der Waals surface area contributed by atoms with Crippen molar-refractivity contribution in [2.75, 3.05) is 0 Å². The zero-order chi connectivity index (χ0) is 9.68. The summed E-state index contributed by atoms with van der Waals surface area (Å²) in [4.78, 5) is 10.5. The largest absolute Gasteiger partial charge is 0.479 e. The van der Waals surface area contributed by atoms with Crippen LogP contribution in [0.2, 0.25) is 0 Å². The van der Waals surface area contributed by atoms with Gasteiger partial charge in [0.05, 0.1) is 0 Å². The van der Waals surface area contributed by atoms with E-state index < -0.39 is 12.1 Å². The Morgan fingerprint density at radius 2 is 2.15 bits per heavy atom. The average Bonchev–Trinajstić information content (AvgIpc) is 2.02. The van der Waals surface area contributed by atoms with Crippen LogP contribution in [-0.4, -0.2) is 22.3 Å². The molecule has 74 valence electrons. The van der Waals surface area contributed by atoms with E-state index in [9.17, 15) is 9.90 Å². The lowest BCUT2D eigenvalue weighted by atomic mass is 9.92. The second-order valence-electron chi connectivity index (χ2n) is 3.51. The number of allylic oxidation sites excluding steroid dienone is 1. The summed E-state index contributed by atoms with van der Waals surface area (Å²) in [6.07, 6.45) is 7.70. The van der Waals surface area contributed by atoms with Crippen LogP contribution in [0.15, 0.2) is 12.2 Å². The fourth-order valence-corrected chi connectivity index (χ4v) is 1.63. The van der Waals surface area contributed by atoms with Gasteiger partial charge in [0.25, 0.3) is 0 Å². The number of carbonyl (C=O) groups is 1. The predicted molar refractivity (Wildman–Crippen MR) is 49.4 cm³/mol. The maximum atomic E-state index is 10.5. The second-order valence-corrected chi connectivity index (χ2v) is 3.51. The van der Waals surface area contributed by atoms with E-state index in [2.05, 4.69) is 0 Å². The van der Waals surface area contributed by atoms with E-state index in [0.717, 1.165) is 25.7 Å². The van der Waals surface area contributed by atoms with Gasteiger partial charge in [-0.1, -0.05) is 25.0 Å². The molecule has 0 aromatic rings. The van der Waals surface area contributed by atoms with Crippen molar-refractivity contribution in [3.8, 4) is 0 Å². The fraction of sp³-hybridized carbons (Fsp3) is 0.700. The van der Waals surface area contributed by atoms with E-state index in [1.165, 1.54) is 6.42 Å². The van der Waals surface area contributed by atoms with Crippen molar-refractivity contribution in [2.24, 2.45) is 5.92 Å². The summed E-state index contributed by atoms with van der Waals surface area (Å²) in [5.41, 5.74) is 0. The van der Waals surface area contributed by atoms with Crippen molar-refractivity contribution in [3.63, 3.8) is 0 Å². The van der Waals surface area contributed by atoms with Gasteiger partial charge in [0.15, 0.2) is 6.10 Å². The van der Waals surface area contributed by atoms with Crippen molar-refractivity contribution >= 4 is 5.97 Å². The topological polar surface area (TPSA) is 57.5 Å². The number of hydrogen-bond acceptors (Lipinski definition) is 2. The highest BCUT2D eigenvalue weighted by Crippen LogP contribution is 2.19. The van der Waals surface area contributed by atoms with E-state index in [1.807, 2.05) is 12.2 Å². The summed E-state index contributed by atoms with van der Waals surface area (Å²) in [6.45, 7) is 0. The van der Waals surface area contributed by atoms with Gasteiger partial charge in [-0.2, -0.15) is 0 Å². The molecule has 2 atom stereocenters. The summed E-state index contributed by atoms with van der Waals surface area (Å²) in [7, 11) is 0. The van der Waals surface area contributed by atoms with Crippen LogP contribution in [0.25, 0.3) is 0 Å². The van der Waals surface area contributed by atoms with Crippen molar-refractivity contribution in [1.82, 2.24) is 0 Å². The Morgan fingerprint density at radius 1 is 1.38 bits per heavy atom. The van der Waals surface area contributed by atoms with Crippen LogP contribution in [0.5, 0.6) is 0 Å². The van der Waals surface area contributed by atoms with Gasteiger partial charge in [-0.3, -0.25) is 0 Å². The molecule has 1 aliphatic carbocycles. The molecule has 2 unspecified atom stereocenters. The molecule has 2 N–H and O–H groups in total. The van der Waals surface area contributed by atoms with E-state index in [-0.39, 0.29) is 5.92 Å². The van der Waals surface area contributed by atoms with Gasteiger partial charge >= 0.3 is 5.97 Å². The monoisotopic (exact) mass is 184 g/mol. The zero-order valence-electron chi connectivity index (χ0n) is 7.65. The quantitative estimate of drug-likeness (QED) is 0.640. The molecular formula is C10H16O3. The van der Waals surface area contributed by atoms with Crippen molar-refractivity contribution in [2.45, 2.75) is 38.2 Å². The van der Waals surface area contributed by atoms with Gasteiger partial charge in [0.2, 0.25) is 0 Å². The second kappa shape index (κ2) is 5.02. The molecule has 0 fully saturated rings. The number of aliphatic hydroxyl groups is 1. The lowest BCUT2D eigenvalue weighted by Crippen LogP contribution is -2.28. The Hall–Kier alpha value is -0.830. The first-order valence-corrected chi connectivity index (χ1v) is 4.79. The van der Waals surface area contributed by atoms with Crippen LogP contribution in [0.4, 0.5) is 0 Å². The molecule has 0 aromatic heterocycles. The normalized spacial score (nSPS) is 26.1. The molecule has 0 amide bonds. The smallest absolute Gasteiger partial charge is 0.333 e. The third-order valence-electron chi connectivity index (χ3n) is 2.45. The Morgan fingerprint density at radius 3 is 2.85 bits per heavy atom. The molecule has 3 nitrogen and oxygen atoms in total. The maximum Gasteiger partial charge on any atom is 0.333 e. The highest BCUT2D eigenvalue weighted by atomic mass is 16.4. The Labute approximate surface area is 78.1 Å². The maximum absolute atomic E-state index is 10.5. The Balaban J connectivity index is 2.54. The van der Waals surface area contributed by atoms with Gasteiger partial charge < -0.3 is 10.2 Å². The molecule has 3 heteroatoms. The zero-order valence-corrected chi connectivity index (χ0v) is 7.65. The van der Waals surface area contributed by atoms with Gasteiger partial charge in [-0.25, -0.2) is 4.79 Å². The highest BCUT2D eigenvalue weighted by molar-refractivity contribution is 5.72. The number of aliphatic hydroxyl groups excluding tert-OH is 1. The average molecular weight is 184 g/mol. The van der Waals surface area contributed by atoms with E-state index in [1.54, 1.807) is 0 Å². The molecule has 0 saturated carbocycles. The van der Waals surface area contributed by atoms with Crippen LogP contribution in [0.3, 0.4) is 0 Å². The number of carboxylic acids is 1. The number of aliphatic carboxylic acids is 1. The number of rotatable bonds is 2. The Kier molecular flexibility index (Phi) is 3.96. The molecule has 0 heterocycles. The van der Waals surface area contributed by atoms with Crippen LogP contribution in [-0.2, 0) is 4.79 Å². The molecule has 1 aliphatic rings. The summed E-state index contributed by atoms with van der Waals surface area (Å²) >= 11 is 0. The highest BCUT2D eigenvalue weighted by Gasteiger charge is 2.23. The Bertz CT molecular complexity index is 198. The summed E-state index contributed by atoms with van der Waals surface area (Å²) in [5.74, 6) is -1.31. The molecule has 0 bridgehead atoms. The predicted octanol–water partition coefficient (Wildman–Crippen LogP) is 1.57. The van der Waals surface area contributed by atoms with Crippen LogP contribution < -0.4 is 0 Å². The molecule has 1 rings (SSSR count). The SMILES string of the molecule is O=C(O)C(O)C1C=CCCCCC1. The first-order valence-electron chi connectivity index (χ1n) is 4.79. The summed E-state index contributed by atoms with van der Waals surface area (Å²) in [6, 6.07) is 0. The standard InChI is InChI=1S/C10H16O3/c11-9(10(12)13)8-6-4-2-1-3-5-7-8/h4,6,8-9,11H,1-3,5,7H2,(H,12,13). The minimum atomic E-state index is -1.23. The van der Waals surface area contributed by atoms with Gasteiger partial charge in [0, 0.05) is 5.92 Å². The minimum Gasteiger partial charge on any atom is -0.479 e. The van der Waals surface area contributed by atoms with E-state index in [4.69, 9.17) is 5.11 Å². The van der Waals surface area contributed by atoms with Crippen molar-refractivity contribution < 1.29 is 15.0 Å². The lowest BCUT2D eigenvalue weighted by Gasteiger charge is -2.17. The van der Waals surface area contributed by atoms with Crippen molar-refractivity contribution in [3.05, 3.63) is 12.2 Å². The van der Waals surface area contributed by atoms with Gasteiger partial charge in [-0.05, 0) is 19.3 Å². The van der Waals surface area contributed by atoms with Gasteiger partial charge in [-0.15, -0.1) is 0 Å². The molecule has 0 radical (unpaired) electrons. The minimum absolute atomic E-state index is 0.196. The molecule has 0 aromatic carbocycles. The third-order valence-corrected chi connectivity index (χ3v) is 2.45. The van der Waals surface area contributed by atoms with Crippen LogP contribution >= 0.6 is 0 Å². The van der Waals surface area contributed by atoms with Gasteiger partial charge in [0.1, 0.15) is 0 Å². The first-order chi connectivity index (χ1) is 6.22.